The molecule has 1 amide bonds. The molecule has 0 saturated carbocycles. The van der Waals surface area contributed by atoms with Gasteiger partial charge in [-0.05, 0) is 6.92 Å². The van der Waals surface area contributed by atoms with Crippen molar-refractivity contribution >= 4 is 40.1 Å². The molecule has 0 bridgehead atoms. The van der Waals surface area contributed by atoms with E-state index in [2.05, 4.69) is 25.5 Å². The van der Waals surface area contributed by atoms with Gasteiger partial charge in [-0.1, -0.05) is 42.1 Å². The lowest BCUT2D eigenvalue weighted by atomic mass is 10.2. The van der Waals surface area contributed by atoms with Crippen molar-refractivity contribution in [3.8, 4) is 11.3 Å². The number of amides is 1. The molecule has 2 heterocycles. The number of nitrogens with zero attached hydrogens (tertiary/aromatic N) is 3. The average Bonchev–Trinajstić information content (AvgIpc) is 3.17. The molecule has 23 heavy (non-hydrogen) atoms. The summed E-state index contributed by atoms with van der Waals surface area (Å²) in [6, 6.07) is 9.81. The number of nitrogens with two attached hydrogens (primary N) is 1. The smallest absolute Gasteiger partial charge is 0.239 e. The highest BCUT2D eigenvalue weighted by Gasteiger charge is 2.18. The number of thiazole rings is 1. The second-order valence-corrected chi connectivity index (χ2v) is 6.82. The minimum atomic E-state index is -0.366. The molecule has 7 nitrogen and oxygen atoms in total. The van der Waals surface area contributed by atoms with Gasteiger partial charge < -0.3 is 11.1 Å². The number of anilines is 2. The van der Waals surface area contributed by atoms with E-state index in [4.69, 9.17) is 5.73 Å². The van der Waals surface area contributed by atoms with E-state index < -0.39 is 0 Å². The molecule has 0 aliphatic carbocycles. The molecule has 0 fully saturated rings. The number of rotatable bonds is 5. The topological polar surface area (TPSA) is 110 Å². The second-order valence-electron chi connectivity index (χ2n) is 4.66. The molecule has 0 radical (unpaired) electrons. The third-order valence-electron chi connectivity index (χ3n) is 2.94. The molecule has 0 spiro atoms. The Morgan fingerprint density at radius 3 is 2.83 bits per heavy atom. The van der Waals surface area contributed by atoms with Gasteiger partial charge in [-0.2, -0.15) is 4.98 Å². The van der Waals surface area contributed by atoms with E-state index in [1.807, 2.05) is 35.7 Å². The molecule has 3 aromatic rings. The van der Waals surface area contributed by atoms with Gasteiger partial charge in [0.25, 0.3) is 0 Å². The van der Waals surface area contributed by atoms with Gasteiger partial charge >= 0.3 is 0 Å². The Hall–Kier alpha value is -2.39. The lowest BCUT2D eigenvalue weighted by molar-refractivity contribution is -0.115. The predicted molar refractivity (Wildman–Crippen MR) is 92.3 cm³/mol. The normalized spacial score (nSPS) is 12.0. The van der Waals surface area contributed by atoms with Gasteiger partial charge in [-0.3, -0.25) is 4.79 Å². The van der Waals surface area contributed by atoms with Gasteiger partial charge in [-0.25, -0.2) is 10.1 Å². The van der Waals surface area contributed by atoms with Crippen LogP contribution in [-0.2, 0) is 4.79 Å². The molecule has 1 aromatic carbocycles. The van der Waals surface area contributed by atoms with Crippen molar-refractivity contribution in [3.05, 3.63) is 35.7 Å². The highest BCUT2D eigenvalue weighted by molar-refractivity contribution is 8.00. The Morgan fingerprint density at radius 2 is 2.13 bits per heavy atom. The number of carbonyl (C=O) groups excluding carboxylic acids is 1. The number of thioether (sulfide) groups is 1. The van der Waals surface area contributed by atoms with Crippen molar-refractivity contribution in [1.29, 1.82) is 0 Å². The minimum Gasteiger partial charge on any atom is -0.368 e. The molecule has 2 aromatic heterocycles. The number of aromatic amines is 1. The fourth-order valence-corrected chi connectivity index (χ4v) is 3.26. The van der Waals surface area contributed by atoms with Gasteiger partial charge in [0.2, 0.25) is 17.0 Å². The third-order valence-corrected chi connectivity index (χ3v) is 4.66. The monoisotopic (exact) mass is 346 g/mol. The van der Waals surface area contributed by atoms with Gasteiger partial charge in [0.05, 0.1) is 10.9 Å². The van der Waals surface area contributed by atoms with Crippen molar-refractivity contribution in [2.24, 2.45) is 0 Å². The maximum absolute atomic E-state index is 12.2. The summed E-state index contributed by atoms with van der Waals surface area (Å²) in [6.07, 6.45) is 0. The average molecular weight is 346 g/mol. The molecular formula is C14H14N6OS2. The summed E-state index contributed by atoms with van der Waals surface area (Å²) in [5.74, 6) is 0.0693. The summed E-state index contributed by atoms with van der Waals surface area (Å²) in [4.78, 5) is 20.6. The van der Waals surface area contributed by atoms with Crippen molar-refractivity contribution in [2.45, 2.75) is 17.3 Å². The van der Waals surface area contributed by atoms with Crippen LogP contribution in [-0.4, -0.2) is 31.3 Å². The van der Waals surface area contributed by atoms with Crippen LogP contribution >= 0.6 is 23.1 Å². The lowest BCUT2D eigenvalue weighted by Gasteiger charge is -2.07. The summed E-state index contributed by atoms with van der Waals surface area (Å²) in [5, 5.41) is 11.8. The van der Waals surface area contributed by atoms with Crippen molar-refractivity contribution in [3.63, 3.8) is 0 Å². The standard InChI is InChI=1S/C14H14N6OS2/c1-8(23-14-18-12(15)19-20-14)11(21)17-13-16-10(7-22-13)9-5-3-2-4-6-9/h2-8H,1H3,(H,16,17,21)(H3,15,18,19,20)/t8-/m0/s1. The Labute approximate surface area is 140 Å². The first kappa shape index (κ1) is 15.5. The zero-order valence-corrected chi connectivity index (χ0v) is 13.8. The van der Waals surface area contributed by atoms with Crippen LogP contribution in [0.4, 0.5) is 11.1 Å². The number of nitrogens with one attached hydrogen (secondary N) is 2. The minimum absolute atomic E-state index is 0.160. The number of carbonyl (C=O) groups is 1. The number of hydrogen-bond donors (Lipinski definition) is 3. The molecule has 4 N–H and O–H groups in total. The molecule has 0 aliphatic heterocycles. The summed E-state index contributed by atoms with van der Waals surface area (Å²) >= 11 is 2.62. The van der Waals surface area contributed by atoms with E-state index in [1.165, 1.54) is 23.1 Å². The van der Waals surface area contributed by atoms with Crippen LogP contribution in [0.3, 0.4) is 0 Å². The van der Waals surface area contributed by atoms with Crippen LogP contribution in [0.25, 0.3) is 11.3 Å². The molecule has 0 saturated heterocycles. The highest BCUT2D eigenvalue weighted by atomic mass is 32.2. The van der Waals surface area contributed by atoms with Crippen LogP contribution in [0.2, 0.25) is 0 Å². The largest absolute Gasteiger partial charge is 0.368 e. The van der Waals surface area contributed by atoms with E-state index in [-0.39, 0.29) is 17.1 Å². The van der Waals surface area contributed by atoms with Crippen LogP contribution < -0.4 is 11.1 Å². The van der Waals surface area contributed by atoms with Crippen molar-refractivity contribution in [2.75, 3.05) is 11.1 Å². The Bertz CT molecular complexity index is 800. The molecule has 9 heteroatoms. The van der Waals surface area contributed by atoms with E-state index in [0.717, 1.165) is 11.3 Å². The van der Waals surface area contributed by atoms with E-state index in [1.54, 1.807) is 6.92 Å². The maximum atomic E-state index is 12.2. The van der Waals surface area contributed by atoms with Crippen LogP contribution in [0, 0.1) is 0 Å². The Morgan fingerprint density at radius 1 is 1.35 bits per heavy atom. The molecule has 0 unspecified atom stereocenters. The van der Waals surface area contributed by atoms with E-state index in [9.17, 15) is 4.79 Å². The van der Waals surface area contributed by atoms with Crippen molar-refractivity contribution in [1.82, 2.24) is 20.2 Å². The van der Waals surface area contributed by atoms with Gasteiger partial charge in [0, 0.05) is 10.9 Å². The van der Waals surface area contributed by atoms with E-state index in [0.29, 0.717) is 10.3 Å². The van der Waals surface area contributed by atoms with Crippen LogP contribution in [0.15, 0.2) is 40.9 Å². The van der Waals surface area contributed by atoms with Gasteiger partial charge in [0.1, 0.15) is 0 Å². The predicted octanol–water partition coefficient (Wildman–Crippen LogP) is 2.63. The first-order valence-electron chi connectivity index (χ1n) is 6.78. The Kier molecular flexibility index (Phi) is 4.58. The molecular weight excluding hydrogens is 332 g/mol. The zero-order valence-electron chi connectivity index (χ0n) is 12.2. The molecule has 0 aliphatic rings. The van der Waals surface area contributed by atoms with E-state index >= 15 is 0 Å². The van der Waals surface area contributed by atoms with Crippen LogP contribution in [0.5, 0.6) is 0 Å². The number of nitrogen functional groups attached to an aromatic ring is 1. The number of benzene rings is 1. The molecule has 1 atom stereocenters. The Balaban J connectivity index is 1.63. The van der Waals surface area contributed by atoms with Crippen LogP contribution in [0.1, 0.15) is 6.92 Å². The van der Waals surface area contributed by atoms with Gasteiger partial charge in [0.15, 0.2) is 5.13 Å². The zero-order chi connectivity index (χ0) is 16.2. The first-order valence-corrected chi connectivity index (χ1v) is 8.54. The summed E-state index contributed by atoms with van der Waals surface area (Å²) in [7, 11) is 0. The summed E-state index contributed by atoms with van der Waals surface area (Å²) in [6.45, 7) is 1.78. The number of H-pyrrole nitrogens is 1. The quantitative estimate of drug-likeness (QED) is 0.613. The fraction of sp³-hybridized carbons (Fsp3) is 0.143. The molecule has 3 rings (SSSR count). The second kappa shape index (κ2) is 6.80. The van der Waals surface area contributed by atoms with Gasteiger partial charge in [-0.15, -0.1) is 16.4 Å². The fourth-order valence-electron chi connectivity index (χ4n) is 1.80. The first-order chi connectivity index (χ1) is 11.1. The summed E-state index contributed by atoms with van der Waals surface area (Å²) in [5.41, 5.74) is 7.32. The third kappa shape index (κ3) is 3.88. The summed E-state index contributed by atoms with van der Waals surface area (Å²) < 4.78 is 0. The highest BCUT2D eigenvalue weighted by Crippen LogP contribution is 2.26. The lowest BCUT2D eigenvalue weighted by Crippen LogP contribution is -2.22. The maximum Gasteiger partial charge on any atom is 0.239 e. The van der Waals surface area contributed by atoms with Crippen molar-refractivity contribution < 1.29 is 4.79 Å². The SMILES string of the molecule is C[C@H](Sc1n[nH]c(N)n1)C(=O)Nc1nc(-c2ccccc2)cs1. The molecule has 118 valence electrons. The number of aromatic nitrogens is 4. The number of hydrogen-bond acceptors (Lipinski definition) is 7.